The van der Waals surface area contributed by atoms with Crippen LogP contribution in [0.3, 0.4) is 0 Å². The van der Waals surface area contributed by atoms with Gasteiger partial charge in [0.15, 0.2) is 0 Å². The fourth-order valence-corrected chi connectivity index (χ4v) is 6.63. The summed E-state index contributed by atoms with van der Waals surface area (Å²) in [5, 5.41) is 0. The van der Waals surface area contributed by atoms with Gasteiger partial charge in [-0.25, -0.2) is 8.42 Å². The molecule has 0 aliphatic carbocycles. The Morgan fingerprint density at radius 1 is 0.286 bits per heavy atom. The molecule has 0 amide bonds. The van der Waals surface area contributed by atoms with Crippen molar-refractivity contribution >= 4 is 9.84 Å². The van der Waals surface area contributed by atoms with Gasteiger partial charge < -0.3 is 0 Å². The van der Waals surface area contributed by atoms with Crippen molar-refractivity contribution in [3.05, 3.63) is 0 Å². The minimum atomic E-state index is -2.81. The van der Waals surface area contributed by atoms with Crippen molar-refractivity contribution in [3.63, 3.8) is 0 Å². The van der Waals surface area contributed by atoms with Crippen LogP contribution in [0.5, 0.6) is 0 Å². The molecule has 2 nitrogen and oxygen atoms in total. The molecular weight excluding hydrogens is 448 g/mol. The maximum absolute atomic E-state index is 12.3. The van der Waals surface area contributed by atoms with Crippen LogP contribution in [0.1, 0.15) is 194 Å². The van der Waals surface area contributed by atoms with E-state index in [-0.39, 0.29) is 0 Å². The van der Waals surface area contributed by atoms with Gasteiger partial charge in [0.2, 0.25) is 0 Å². The molecule has 0 aliphatic rings. The molecule has 0 heterocycles. The number of rotatable bonds is 30. The summed E-state index contributed by atoms with van der Waals surface area (Å²) >= 11 is 0. The Hall–Kier alpha value is -0.0500. The van der Waals surface area contributed by atoms with Crippen molar-refractivity contribution < 1.29 is 8.42 Å². The van der Waals surface area contributed by atoms with Gasteiger partial charge >= 0.3 is 0 Å². The van der Waals surface area contributed by atoms with Crippen molar-refractivity contribution in [1.82, 2.24) is 0 Å². The van der Waals surface area contributed by atoms with Crippen LogP contribution in [-0.2, 0) is 9.84 Å². The van der Waals surface area contributed by atoms with E-state index in [2.05, 4.69) is 13.8 Å². The van der Waals surface area contributed by atoms with E-state index in [1.807, 2.05) is 0 Å². The molecule has 0 rings (SSSR count). The van der Waals surface area contributed by atoms with E-state index in [0.717, 1.165) is 25.7 Å². The zero-order valence-corrected chi connectivity index (χ0v) is 25.3. The fraction of sp³-hybridized carbons (Fsp3) is 1.00. The lowest BCUT2D eigenvalue weighted by Crippen LogP contribution is -2.11. The van der Waals surface area contributed by atoms with Gasteiger partial charge in [-0.1, -0.05) is 181 Å². The van der Waals surface area contributed by atoms with Gasteiger partial charge in [-0.15, -0.1) is 0 Å². The van der Waals surface area contributed by atoms with E-state index < -0.39 is 9.84 Å². The summed E-state index contributed by atoms with van der Waals surface area (Å²) in [7, 11) is -2.81. The number of unbranched alkanes of at least 4 members (excludes halogenated alkanes) is 26. The Morgan fingerprint density at radius 2 is 0.457 bits per heavy atom. The smallest absolute Gasteiger partial charge is 0.150 e. The van der Waals surface area contributed by atoms with Crippen LogP contribution in [0.15, 0.2) is 0 Å². The van der Waals surface area contributed by atoms with Crippen LogP contribution in [-0.4, -0.2) is 19.9 Å². The predicted octanol–water partition coefficient (Wildman–Crippen LogP) is 11.4. The first-order chi connectivity index (χ1) is 17.1. The largest absolute Gasteiger partial charge is 0.229 e. The van der Waals surface area contributed by atoms with E-state index in [1.54, 1.807) is 0 Å². The minimum absolute atomic E-state index is 0.420. The maximum atomic E-state index is 12.3. The van der Waals surface area contributed by atoms with Crippen molar-refractivity contribution in [2.45, 2.75) is 194 Å². The van der Waals surface area contributed by atoms with Crippen LogP contribution < -0.4 is 0 Å². The molecule has 0 unspecified atom stereocenters. The number of hydrogen-bond donors (Lipinski definition) is 0. The molecule has 0 aliphatic heterocycles. The van der Waals surface area contributed by atoms with Crippen LogP contribution >= 0.6 is 0 Å². The van der Waals surface area contributed by atoms with E-state index in [1.165, 1.54) is 154 Å². The second-order valence-electron chi connectivity index (χ2n) is 11.3. The van der Waals surface area contributed by atoms with E-state index in [4.69, 9.17) is 0 Å². The lowest BCUT2D eigenvalue weighted by atomic mass is 10.0. The first-order valence-corrected chi connectivity index (χ1v) is 18.1. The normalized spacial score (nSPS) is 11.9. The third-order valence-corrected chi connectivity index (χ3v) is 9.44. The first-order valence-electron chi connectivity index (χ1n) is 16.3. The highest BCUT2D eigenvalue weighted by Crippen LogP contribution is 2.15. The second kappa shape index (κ2) is 28.5. The van der Waals surface area contributed by atoms with Gasteiger partial charge in [0.25, 0.3) is 0 Å². The molecule has 0 aromatic rings. The molecule has 0 saturated heterocycles. The SMILES string of the molecule is CCCCCCCCCCCCCCCCS(=O)(=O)CCCCCCCCCCCCCCCC. The maximum Gasteiger partial charge on any atom is 0.150 e. The van der Waals surface area contributed by atoms with Crippen molar-refractivity contribution in [2.24, 2.45) is 0 Å². The quantitative estimate of drug-likeness (QED) is 0.0893. The Kier molecular flexibility index (Phi) is 28.5. The van der Waals surface area contributed by atoms with Crippen molar-refractivity contribution in [2.75, 3.05) is 11.5 Å². The highest BCUT2D eigenvalue weighted by molar-refractivity contribution is 7.91. The molecule has 3 heteroatoms. The van der Waals surface area contributed by atoms with Gasteiger partial charge in [0.1, 0.15) is 9.84 Å². The third-order valence-electron chi connectivity index (χ3n) is 7.62. The second-order valence-corrected chi connectivity index (χ2v) is 13.6. The monoisotopic (exact) mass is 514 g/mol. The molecule has 0 radical (unpaired) electrons. The molecule has 0 bridgehead atoms. The Balaban J connectivity index is 3.29. The molecule has 0 atom stereocenters. The van der Waals surface area contributed by atoms with E-state index in [0.29, 0.717) is 11.5 Å². The fourth-order valence-electron chi connectivity index (χ4n) is 5.14. The first kappa shape index (κ1) is 35.0. The summed E-state index contributed by atoms with van der Waals surface area (Å²) in [4.78, 5) is 0. The molecule has 0 N–H and O–H groups in total. The zero-order chi connectivity index (χ0) is 25.7. The molecule has 0 fully saturated rings. The average Bonchev–Trinajstić information content (AvgIpc) is 2.84. The van der Waals surface area contributed by atoms with Gasteiger partial charge in [0, 0.05) is 0 Å². The van der Waals surface area contributed by atoms with Gasteiger partial charge in [-0.2, -0.15) is 0 Å². The summed E-state index contributed by atoms with van der Waals surface area (Å²) in [6.07, 6.45) is 36.8. The molecule has 0 aromatic carbocycles. The topological polar surface area (TPSA) is 34.1 Å². The van der Waals surface area contributed by atoms with Crippen molar-refractivity contribution in [1.29, 1.82) is 0 Å². The standard InChI is InChI=1S/C32H66O2S/c1-3-5-7-9-11-13-15-17-19-21-23-25-27-29-31-35(33,34)32-30-28-26-24-22-20-18-16-14-12-10-8-6-4-2/h3-32H2,1-2H3. The molecule has 212 valence electrons. The Bertz CT molecular complexity index is 448. The van der Waals surface area contributed by atoms with E-state index >= 15 is 0 Å². The molecule has 0 spiro atoms. The van der Waals surface area contributed by atoms with Crippen LogP contribution in [0.2, 0.25) is 0 Å². The van der Waals surface area contributed by atoms with Crippen molar-refractivity contribution in [3.8, 4) is 0 Å². The molecule has 0 aromatic heterocycles. The molecule has 35 heavy (non-hydrogen) atoms. The van der Waals surface area contributed by atoms with Gasteiger partial charge in [0.05, 0.1) is 11.5 Å². The summed E-state index contributed by atoms with van der Waals surface area (Å²) in [5.74, 6) is 0.840. The molecular formula is C32H66O2S. The predicted molar refractivity (Wildman–Crippen MR) is 159 cm³/mol. The third kappa shape index (κ3) is 30.1. The Morgan fingerprint density at radius 3 is 0.657 bits per heavy atom. The lowest BCUT2D eigenvalue weighted by Gasteiger charge is -2.06. The molecule has 0 saturated carbocycles. The average molecular weight is 515 g/mol. The van der Waals surface area contributed by atoms with Gasteiger partial charge in [-0.3, -0.25) is 0 Å². The summed E-state index contributed by atoms with van der Waals surface area (Å²) in [6, 6.07) is 0. The summed E-state index contributed by atoms with van der Waals surface area (Å²) in [5.41, 5.74) is 0. The minimum Gasteiger partial charge on any atom is -0.229 e. The summed E-state index contributed by atoms with van der Waals surface area (Å²) < 4.78 is 24.5. The number of sulfone groups is 1. The van der Waals surface area contributed by atoms with Crippen LogP contribution in [0.25, 0.3) is 0 Å². The highest BCUT2D eigenvalue weighted by Gasteiger charge is 2.09. The summed E-state index contributed by atoms with van der Waals surface area (Å²) in [6.45, 7) is 4.56. The Labute approximate surface area is 223 Å². The zero-order valence-electron chi connectivity index (χ0n) is 24.4. The van der Waals surface area contributed by atoms with Crippen LogP contribution in [0.4, 0.5) is 0 Å². The van der Waals surface area contributed by atoms with E-state index in [9.17, 15) is 8.42 Å². The lowest BCUT2D eigenvalue weighted by molar-refractivity contribution is 0.535. The highest BCUT2D eigenvalue weighted by atomic mass is 32.2. The van der Waals surface area contributed by atoms with Crippen LogP contribution in [0, 0.1) is 0 Å². The van der Waals surface area contributed by atoms with Gasteiger partial charge in [-0.05, 0) is 12.8 Å². The number of hydrogen-bond acceptors (Lipinski definition) is 2.